The van der Waals surface area contributed by atoms with E-state index >= 15 is 0 Å². The van der Waals surface area contributed by atoms with Crippen molar-refractivity contribution in [3.8, 4) is 0 Å². The van der Waals surface area contributed by atoms with Crippen molar-refractivity contribution in [1.82, 2.24) is 10.2 Å². The van der Waals surface area contributed by atoms with Crippen LogP contribution in [0.25, 0.3) is 0 Å². The van der Waals surface area contributed by atoms with Crippen LogP contribution in [0.3, 0.4) is 0 Å². The average Bonchev–Trinajstić information content (AvgIpc) is 2.65. The van der Waals surface area contributed by atoms with Crippen LogP contribution in [0.4, 0.5) is 22.0 Å². The van der Waals surface area contributed by atoms with E-state index in [2.05, 4.69) is 10.2 Å². The highest BCUT2D eigenvalue weighted by atomic mass is 32.2. The van der Waals surface area contributed by atoms with Gasteiger partial charge in [0.15, 0.2) is 11.6 Å². The molecule has 1 aliphatic heterocycles. The molecule has 3 rings (SSSR count). The lowest BCUT2D eigenvalue weighted by Crippen LogP contribution is -2.44. The molecule has 1 amide bonds. The number of amides is 1. The number of halogens is 5. The Morgan fingerprint density at radius 1 is 1.03 bits per heavy atom. The lowest BCUT2D eigenvalue weighted by atomic mass is 10.0. The molecule has 3 nitrogen and oxygen atoms in total. The first kappa shape index (κ1) is 21.6. The lowest BCUT2D eigenvalue weighted by Gasteiger charge is -2.32. The molecule has 0 saturated carbocycles. The molecule has 0 unspecified atom stereocenters. The van der Waals surface area contributed by atoms with Crippen LogP contribution in [0.15, 0.2) is 47.4 Å². The maximum Gasteiger partial charge on any atom is 0.446 e. The van der Waals surface area contributed by atoms with Crippen LogP contribution in [0.5, 0.6) is 0 Å². The molecule has 0 atom stereocenters. The van der Waals surface area contributed by atoms with Gasteiger partial charge in [0, 0.05) is 36.1 Å². The molecule has 1 N–H and O–H groups in total. The number of thioether (sulfide) groups is 1. The van der Waals surface area contributed by atoms with Gasteiger partial charge in [-0.25, -0.2) is 8.78 Å². The summed E-state index contributed by atoms with van der Waals surface area (Å²) in [6, 6.07) is 9.10. The third-order valence-corrected chi connectivity index (χ3v) is 5.40. The van der Waals surface area contributed by atoms with Crippen molar-refractivity contribution in [1.29, 1.82) is 0 Å². The Kier molecular flexibility index (Phi) is 6.79. The summed E-state index contributed by atoms with van der Waals surface area (Å²) in [4.78, 5) is 14.4. The van der Waals surface area contributed by atoms with E-state index in [0.717, 1.165) is 6.07 Å². The molecule has 1 saturated heterocycles. The molecular formula is C20H19F5N2OS. The summed E-state index contributed by atoms with van der Waals surface area (Å²) in [5.41, 5.74) is -3.37. The van der Waals surface area contributed by atoms with E-state index in [0.29, 0.717) is 43.6 Å². The van der Waals surface area contributed by atoms with Crippen LogP contribution in [0.1, 0.15) is 28.8 Å². The number of piperidine rings is 1. The molecule has 1 aliphatic rings. The Morgan fingerprint density at radius 2 is 1.69 bits per heavy atom. The first-order valence-electron chi connectivity index (χ1n) is 9.02. The van der Waals surface area contributed by atoms with Gasteiger partial charge in [-0.15, -0.1) is 0 Å². The summed E-state index contributed by atoms with van der Waals surface area (Å²) < 4.78 is 63.4. The summed E-state index contributed by atoms with van der Waals surface area (Å²) in [7, 11) is 0. The summed E-state index contributed by atoms with van der Waals surface area (Å²) >= 11 is -0.222. The Hall–Kier alpha value is -2.13. The van der Waals surface area contributed by atoms with E-state index in [1.165, 1.54) is 30.3 Å². The van der Waals surface area contributed by atoms with Gasteiger partial charge in [0.1, 0.15) is 0 Å². The second-order valence-corrected chi connectivity index (χ2v) is 7.98. The zero-order valence-electron chi connectivity index (χ0n) is 15.3. The first-order valence-corrected chi connectivity index (χ1v) is 9.84. The number of hydrogen-bond donors (Lipinski definition) is 1. The molecular weight excluding hydrogens is 411 g/mol. The minimum Gasteiger partial charge on any atom is -0.349 e. The van der Waals surface area contributed by atoms with Crippen molar-refractivity contribution in [2.75, 3.05) is 13.1 Å². The highest BCUT2D eigenvalue weighted by Crippen LogP contribution is 2.36. The van der Waals surface area contributed by atoms with Crippen LogP contribution in [0.2, 0.25) is 0 Å². The molecule has 156 valence electrons. The van der Waals surface area contributed by atoms with Crippen LogP contribution in [-0.2, 0) is 6.54 Å². The summed E-state index contributed by atoms with van der Waals surface area (Å²) in [5, 5.41) is 2.90. The van der Waals surface area contributed by atoms with Gasteiger partial charge >= 0.3 is 5.51 Å². The summed E-state index contributed by atoms with van der Waals surface area (Å²) in [6.07, 6.45) is 1.38. The minimum atomic E-state index is -4.36. The fourth-order valence-electron chi connectivity index (χ4n) is 3.21. The first-order chi connectivity index (χ1) is 13.7. The number of carbonyl (C=O) groups excluding carboxylic acids is 1. The van der Waals surface area contributed by atoms with Crippen LogP contribution >= 0.6 is 11.8 Å². The quantitative estimate of drug-likeness (QED) is 0.537. The zero-order valence-corrected chi connectivity index (χ0v) is 16.1. The van der Waals surface area contributed by atoms with Crippen molar-refractivity contribution in [2.24, 2.45) is 0 Å². The van der Waals surface area contributed by atoms with E-state index < -0.39 is 17.1 Å². The number of alkyl halides is 3. The highest BCUT2D eigenvalue weighted by Gasteiger charge is 2.29. The topological polar surface area (TPSA) is 32.3 Å². The van der Waals surface area contributed by atoms with E-state index in [4.69, 9.17) is 0 Å². The molecule has 1 fully saturated rings. The number of benzene rings is 2. The fourth-order valence-corrected chi connectivity index (χ4v) is 3.75. The van der Waals surface area contributed by atoms with Gasteiger partial charge in [0.05, 0.1) is 0 Å². The largest absolute Gasteiger partial charge is 0.446 e. The monoisotopic (exact) mass is 430 g/mol. The number of hydrogen-bond acceptors (Lipinski definition) is 3. The second kappa shape index (κ2) is 9.13. The zero-order chi connectivity index (χ0) is 21.0. The van der Waals surface area contributed by atoms with Gasteiger partial charge < -0.3 is 5.32 Å². The Morgan fingerprint density at radius 3 is 2.28 bits per heavy atom. The van der Waals surface area contributed by atoms with E-state index in [1.807, 2.05) is 0 Å². The van der Waals surface area contributed by atoms with Crippen LogP contribution in [-0.4, -0.2) is 35.4 Å². The lowest BCUT2D eigenvalue weighted by molar-refractivity contribution is -0.0328. The molecule has 9 heteroatoms. The Labute approximate surface area is 169 Å². The van der Waals surface area contributed by atoms with Gasteiger partial charge in [-0.1, -0.05) is 6.07 Å². The maximum absolute atomic E-state index is 13.3. The molecule has 29 heavy (non-hydrogen) atoms. The predicted molar refractivity (Wildman–Crippen MR) is 100 cm³/mol. The maximum atomic E-state index is 13.3. The number of likely N-dealkylation sites (tertiary alicyclic amines) is 1. The standard InChI is InChI=1S/C20H19F5N2OS/c21-17-6-1-13(11-18(17)22)12-27-9-7-15(8-10-27)26-19(28)14-2-4-16(5-3-14)29-20(23,24)25/h1-6,11,15H,7-10,12H2,(H,26,28). The number of carbonyl (C=O) groups is 1. The predicted octanol–water partition coefficient (Wildman–Crippen LogP) is 4.97. The van der Waals surface area contributed by atoms with Crippen LogP contribution in [0, 0.1) is 11.6 Å². The van der Waals surface area contributed by atoms with Gasteiger partial charge in [-0.05, 0) is 66.6 Å². The normalized spacial score (nSPS) is 16.0. The molecule has 0 spiro atoms. The fraction of sp³-hybridized carbons (Fsp3) is 0.350. The highest BCUT2D eigenvalue weighted by molar-refractivity contribution is 8.00. The van der Waals surface area contributed by atoms with E-state index in [-0.39, 0.29) is 28.6 Å². The molecule has 0 bridgehead atoms. The van der Waals surface area contributed by atoms with Crippen LogP contribution < -0.4 is 5.32 Å². The number of nitrogens with one attached hydrogen (secondary N) is 1. The number of nitrogens with zero attached hydrogens (tertiary/aromatic N) is 1. The molecule has 0 aromatic heterocycles. The molecule has 0 aliphatic carbocycles. The van der Waals surface area contributed by atoms with Crippen molar-refractivity contribution in [3.63, 3.8) is 0 Å². The SMILES string of the molecule is O=C(NC1CCN(Cc2ccc(F)c(F)c2)CC1)c1ccc(SC(F)(F)F)cc1. The van der Waals surface area contributed by atoms with Crippen molar-refractivity contribution in [2.45, 2.75) is 35.8 Å². The van der Waals surface area contributed by atoms with Gasteiger partial charge in [-0.2, -0.15) is 13.2 Å². The molecule has 2 aromatic rings. The Bertz CT molecular complexity index is 849. The summed E-state index contributed by atoms with van der Waals surface area (Å²) in [5.74, 6) is -2.07. The molecule has 1 heterocycles. The van der Waals surface area contributed by atoms with Gasteiger partial charge in [-0.3, -0.25) is 9.69 Å². The molecule has 0 radical (unpaired) electrons. The minimum absolute atomic E-state index is 0.0274. The average molecular weight is 430 g/mol. The third kappa shape index (κ3) is 6.43. The van der Waals surface area contributed by atoms with Crippen molar-refractivity contribution < 1.29 is 26.7 Å². The van der Waals surface area contributed by atoms with Gasteiger partial charge in [0.25, 0.3) is 5.91 Å². The van der Waals surface area contributed by atoms with Crippen molar-refractivity contribution >= 4 is 17.7 Å². The van der Waals surface area contributed by atoms with Gasteiger partial charge in [0.2, 0.25) is 0 Å². The number of rotatable bonds is 5. The van der Waals surface area contributed by atoms with E-state index in [9.17, 15) is 26.7 Å². The smallest absolute Gasteiger partial charge is 0.349 e. The van der Waals surface area contributed by atoms with Crippen molar-refractivity contribution in [3.05, 3.63) is 65.2 Å². The molecule has 2 aromatic carbocycles. The summed E-state index contributed by atoms with van der Waals surface area (Å²) in [6.45, 7) is 1.87. The second-order valence-electron chi connectivity index (χ2n) is 6.84. The Balaban J connectivity index is 1.47. The third-order valence-electron chi connectivity index (χ3n) is 4.66. The van der Waals surface area contributed by atoms with E-state index in [1.54, 1.807) is 6.07 Å².